The molecule has 7 heteroatoms. The van der Waals surface area contributed by atoms with Gasteiger partial charge in [0.05, 0.1) is 44.5 Å². The number of aryl methyl sites for hydroxylation is 1. The Morgan fingerprint density at radius 1 is 0.349 bits per heavy atom. The molecule has 17 aromatic rings. The van der Waals surface area contributed by atoms with Gasteiger partial charge in [0.25, 0.3) is 6.33 Å². The Labute approximate surface area is 496 Å². The number of aromatic nitrogens is 6. The van der Waals surface area contributed by atoms with Gasteiger partial charge < -0.3 is 13.9 Å². The van der Waals surface area contributed by atoms with Crippen molar-refractivity contribution in [2.24, 2.45) is 0 Å². The van der Waals surface area contributed by atoms with E-state index in [1.54, 1.807) is 0 Å². The van der Waals surface area contributed by atoms with Crippen molar-refractivity contribution in [1.82, 2.24) is 23.3 Å². The number of para-hydroxylation sites is 8. The molecular weight excluding hydrogens is 1050 g/mol. The van der Waals surface area contributed by atoms with Gasteiger partial charge in [-0.25, -0.2) is 4.98 Å². The summed E-state index contributed by atoms with van der Waals surface area (Å²) in [6.45, 7) is 2.23. The van der Waals surface area contributed by atoms with Crippen molar-refractivity contribution < 1.29 is 9.30 Å². The van der Waals surface area contributed by atoms with E-state index in [1.807, 2.05) is 6.07 Å². The first-order valence-corrected chi connectivity index (χ1v) is 29.3. The fourth-order valence-electron chi connectivity index (χ4n) is 13.6. The SMILES string of the molecule is Cc1cc(-n2c3ccccc3c3ccc(Oc4cccc(-n5c[n+](-c6c(-c7ccccc7)cccc6-c6ccccc6)c6ccccc65)c4)cc32)ncc1-c1c(-n2c3ccccc3c3ccccc32)cccc1-n1c2ccccc2c2ccccc21. The van der Waals surface area contributed by atoms with Crippen molar-refractivity contribution >= 4 is 76.5 Å². The Morgan fingerprint density at radius 2 is 0.802 bits per heavy atom. The number of rotatable bonds is 10. The van der Waals surface area contributed by atoms with Crippen LogP contribution < -0.4 is 9.30 Å². The van der Waals surface area contributed by atoms with Crippen LogP contribution in [0.5, 0.6) is 11.5 Å². The number of hydrogen-bond acceptors (Lipinski definition) is 2. The first-order valence-electron chi connectivity index (χ1n) is 29.3. The molecule has 0 unspecified atom stereocenters. The lowest BCUT2D eigenvalue weighted by atomic mass is 9.95. The summed E-state index contributed by atoms with van der Waals surface area (Å²) < 4.78 is 18.7. The molecule has 12 aromatic carbocycles. The van der Waals surface area contributed by atoms with E-state index < -0.39 is 0 Å². The largest absolute Gasteiger partial charge is 0.457 e. The van der Waals surface area contributed by atoms with Gasteiger partial charge in [0.2, 0.25) is 0 Å². The average Bonchev–Trinajstić information content (AvgIpc) is 2.17. The van der Waals surface area contributed by atoms with Crippen LogP contribution in [0.4, 0.5) is 0 Å². The maximum Gasteiger partial charge on any atom is 0.255 e. The van der Waals surface area contributed by atoms with E-state index in [-0.39, 0.29) is 0 Å². The quantitative estimate of drug-likeness (QED) is 0.128. The van der Waals surface area contributed by atoms with Crippen molar-refractivity contribution in [1.29, 1.82) is 0 Å². The average molecular weight is 1100 g/mol. The fraction of sp³-hybridized carbons (Fsp3) is 0.0127. The van der Waals surface area contributed by atoms with Gasteiger partial charge in [0.15, 0.2) is 11.0 Å². The highest BCUT2D eigenvalue weighted by Crippen LogP contribution is 2.44. The Morgan fingerprint density at radius 3 is 1.35 bits per heavy atom. The molecular formula is C79H53N6O+. The third-order valence-electron chi connectivity index (χ3n) is 17.3. The van der Waals surface area contributed by atoms with E-state index in [4.69, 9.17) is 9.72 Å². The summed E-state index contributed by atoms with van der Waals surface area (Å²) in [4.78, 5) is 5.50. The number of ether oxygens (including phenoxy) is 1. The Balaban J connectivity index is 0.793. The summed E-state index contributed by atoms with van der Waals surface area (Å²) in [6.07, 6.45) is 4.32. The number of benzene rings is 12. The second-order valence-electron chi connectivity index (χ2n) is 22.2. The van der Waals surface area contributed by atoms with Crippen molar-refractivity contribution in [2.45, 2.75) is 6.92 Å². The van der Waals surface area contributed by atoms with Gasteiger partial charge in [-0.05, 0) is 109 Å². The van der Waals surface area contributed by atoms with Crippen LogP contribution in [0.3, 0.4) is 0 Å². The topological polar surface area (TPSA) is 45.7 Å². The predicted molar refractivity (Wildman–Crippen MR) is 353 cm³/mol. The second-order valence-corrected chi connectivity index (χ2v) is 22.2. The highest BCUT2D eigenvalue weighted by atomic mass is 16.5. The lowest BCUT2D eigenvalue weighted by Crippen LogP contribution is -2.30. The molecule has 0 spiro atoms. The molecule has 17 rings (SSSR count). The van der Waals surface area contributed by atoms with Gasteiger partial charge in [0.1, 0.15) is 28.7 Å². The number of pyridine rings is 1. The van der Waals surface area contributed by atoms with E-state index in [0.717, 1.165) is 134 Å². The molecule has 0 radical (unpaired) electrons. The normalized spacial score (nSPS) is 11.8. The Hall–Kier alpha value is -11.5. The summed E-state index contributed by atoms with van der Waals surface area (Å²) in [5.41, 5.74) is 20.9. The van der Waals surface area contributed by atoms with Crippen LogP contribution in [0.15, 0.2) is 304 Å². The standard InChI is InChI=1S/C79H53N6O/c1-52-47-77(80-50-66(52)78-74(83-67-36-13-8-29-60(67)61-30-9-14-37-68(61)83)43-22-44-75(78)84-69-38-15-10-31-62(69)63-32-11-16-39-70(63)84)85-71-40-17-12-33-64(71)65-46-45-57(49-76(65)85)86-56-28-20-27-55(48-56)81-51-82(73-42-19-18-41-72(73)81)79-58(53-23-4-2-5-24-53)34-21-35-59(79)54-25-6-3-7-26-54/h2-51H,1H3/q+1. The lowest BCUT2D eigenvalue weighted by Gasteiger charge is -2.21. The van der Waals surface area contributed by atoms with Gasteiger partial charge in [-0.1, -0.05) is 194 Å². The molecule has 86 heavy (non-hydrogen) atoms. The van der Waals surface area contributed by atoms with Crippen LogP contribution in [0.2, 0.25) is 0 Å². The van der Waals surface area contributed by atoms with Gasteiger partial charge in [0, 0.05) is 72.9 Å². The summed E-state index contributed by atoms with van der Waals surface area (Å²) >= 11 is 0. The lowest BCUT2D eigenvalue weighted by molar-refractivity contribution is -0.566. The molecule has 7 nitrogen and oxygen atoms in total. The number of hydrogen-bond donors (Lipinski definition) is 0. The predicted octanol–water partition coefficient (Wildman–Crippen LogP) is 19.7. The Kier molecular flexibility index (Phi) is 11.3. The smallest absolute Gasteiger partial charge is 0.255 e. The van der Waals surface area contributed by atoms with Gasteiger partial charge in [-0.15, -0.1) is 0 Å². The van der Waals surface area contributed by atoms with Crippen molar-refractivity contribution in [3.05, 3.63) is 309 Å². The molecule has 0 atom stereocenters. The first kappa shape index (κ1) is 49.1. The van der Waals surface area contributed by atoms with Crippen LogP contribution in [0.1, 0.15) is 5.56 Å². The van der Waals surface area contributed by atoms with E-state index in [1.165, 1.54) is 21.5 Å². The molecule has 0 saturated heterocycles. The summed E-state index contributed by atoms with van der Waals surface area (Å²) in [6, 6.07) is 104. The highest BCUT2D eigenvalue weighted by Gasteiger charge is 2.27. The van der Waals surface area contributed by atoms with Gasteiger partial charge in [-0.3, -0.25) is 4.57 Å². The molecule has 0 N–H and O–H groups in total. The maximum atomic E-state index is 6.95. The Bertz CT molecular complexity index is 5230. The third kappa shape index (κ3) is 7.75. The van der Waals surface area contributed by atoms with E-state index in [0.29, 0.717) is 0 Å². The van der Waals surface area contributed by atoms with E-state index in [2.05, 4.69) is 327 Å². The molecule has 5 aromatic heterocycles. The van der Waals surface area contributed by atoms with Crippen LogP contribution >= 0.6 is 0 Å². The maximum absolute atomic E-state index is 6.95. The summed E-state index contributed by atoms with van der Waals surface area (Å²) in [7, 11) is 0. The van der Waals surface area contributed by atoms with Crippen molar-refractivity contribution in [3.8, 4) is 73.4 Å². The molecule has 0 bridgehead atoms. The molecule has 0 amide bonds. The molecule has 0 aliphatic rings. The molecule has 5 heterocycles. The molecule has 404 valence electrons. The zero-order chi connectivity index (χ0) is 56.8. The van der Waals surface area contributed by atoms with E-state index in [9.17, 15) is 0 Å². The third-order valence-corrected chi connectivity index (χ3v) is 17.3. The van der Waals surface area contributed by atoms with Gasteiger partial charge in [-0.2, -0.15) is 9.13 Å². The first-order chi connectivity index (χ1) is 42.6. The minimum absolute atomic E-state index is 0.722. The second kappa shape index (κ2) is 19.8. The van der Waals surface area contributed by atoms with Crippen LogP contribution in [0, 0.1) is 6.92 Å². The minimum Gasteiger partial charge on any atom is -0.457 e. The van der Waals surface area contributed by atoms with Crippen molar-refractivity contribution in [2.75, 3.05) is 0 Å². The van der Waals surface area contributed by atoms with Gasteiger partial charge >= 0.3 is 0 Å². The number of nitrogens with zero attached hydrogens (tertiary/aromatic N) is 6. The van der Waals surface area contributed by atoms with Crippen molar-refractivity contribution in [3.63, 3.8) is 0 Å². The summed E-state index contributed by atoms with van der Waals surface area (Å²) in [5.74, 6) is 2.27. The zero-order valence-electron chi connectivity index (χ0n) is 47.0. The zero-order valence-corrected chi connectivity index (χ0v) is 47.0. The molecule has 0 saturated carbocycles. The molecule has 0 fully saturated rings. The summed E-state index contributed by atoms with van der Waals surface area (Å²) in [5, 5.41) is 7.11. The van der Waals surface area contributed by atoms with Crippen LogP contribution in [-0.4, -0.2) is 23.3 Å². The minimum atomic E-state index is 0.722. The molecule has 0 aliphatic heterocycles. The number of fused-ring (bicyclic) bond motifs is 10. The number of imidazole rings is 1. The highest BCUT2D eigenvalue weighted by molar-refractivity contribution is 6.13. The van der Waals surface area contributed by atoms with Crippen LogP contribution in [0.25, 0.3) is 138 Å². The fourth-order valence-corrected chi connectivity index (χ4v) is 13.6. The monoisotopic (exact) mass is 1100 g/mol. The van der Waals surface area contributed by atoms with E-state index >= 15 is 0 Å². The molecule has 0 aliphatic carbocycles. The van der Waals surface area contributed by atoms with Crippen LogP contribution in [-0.2, 0) is 0 Å².